The van der Waals surface area contributed by atoms with Crippen LogP contribution in [0.1, 0.15) is 31.2 Å². The van der Waals surface area contributed by atoms with Crippen LogP contribution in [0.5, 0.6) is 0 Å². The molecular weight excluding hydrogens is 355 g/mol. The quantitative estimate of drug-likeness (QED) is 0.773. The Labute approximate surface area is 158 Å². The highest BCUT2D eigenvalue weighted by Crippen LogP contribution is 2.36. The van der Waals surface area contributed by atoms with Crippen LogP contribution in [0.2, 0.25) is 10.0 Å². The van der Waals surface area contributed by atoms with Crippen LogP contribution < -0.4 is 4.90 Å². The molecule has 3 nitrogen and oxygen atoms in total. The van der Waals surface area contributed by atoms with E-state index in [-0.39, 0.29) is 0 Å². The first-order chi connectivity index (χ1) is 12.1. The van der Waals surface area contributed by atoms with Crippen LogP contribution in [-0.4, -0.2) is 28.6 Å². The van der Waals surface area contributed by atoms with Crippen LogP contribution in [0.3, 0.4) is 0 Å². The molecule has 0 unspecified atom stereocenters. The van der Waals surface area contributed by atoms with E-state index in [2.05, 4.69) is 9.48 Å². The van der Waals surface area contributed by atoms with E-state index in [0.717, 1.165) is 42.1 Å². The van der Waals surface area contributed by atoms with Gasteiger partial charge < -0.3 is 5.11 Å². The number of halogens is 2. The Hall–Kier alpha value is -1.55. The maximum Gasteiger partial charge on any atom is 0.271 e. The third-order valence-corrected chi connectivity index (χ3v) is 5.68. The summed E-state index contributed by atoms with van der Waals surface area (Å²) < 4.78 is 2.18. The molecule has 2 aromatic rings. The first-order valence-corrected chi connectivity index (χ1v) is 9.48. The van der Waals surface area contributed by atoms with Gasteiger partial charge in [-0.3, -0.25) is 0 Å². The molecule has 0 saturated heterocycles. The van der Waals surface area contributed by atoms with Gasteiger partial charge in [0.05, 0.1) is 6.54 Å². The zero-order valence-electron chi connectivity index (χ0n) is 14.0. The molecule has 1 atom stereocenters. The topological polar surface area (TPSA) is 26.5 Å². The molecule has 2 aliphatic rings. The Morgan fingerprint density at radius 2 is 1.52 bits per heavy atom. The van der Waals surface area contributed by atoms with Crippen molar-refractivity contribution < 1.29 is 9.68 Å². The number of anilines is 1. The van der Waals surface area contributed by atoms with Gasteiger partial charge in [-0.25, -0.2) is 9.48 Å². The smallest absolute Gasteiger partial charge is 0.271 e. The van der Waals surface area contributed by atoms with E-state index in [9.17, 15) is 5.11 Å². The van der Waals surface area contributed by atoms with Gasteiger partial charge >= 0.3 is 0 Å². The van der Waals surface area contributed by atoms with E-state index in [4.69, 9.17) is 23.2 Å². The number of rotatable bonds is 2. The minimum Gasteiger partial charge on any atom is -0.346 e. The SMILES string of the molecule is O[C@@]1(c2ccc(Cl)cc2)CN(c2ccc(Cl)cc2)C2=[N+]1CCCCC2. The lowest BCUT2D eigenvalue weighted by atomic mass is 10.0. The van der Waals surface area contributed by atoms with E-state index in [1.807, 2.05) is 48.5 Å². The summed E-state index contributed by atoms with van der Waals surface area (Å²) in [5.41, 5.74) is 0.910. The number of amidine groups is 1. The molecule has 0 fully saturated rings. The van der Waals surface area contributed by atoms with Crippen LogP contribution in [0.25, 0.3) is 0 Å². The average Bonchev–Trinajstić information content (AvgIpc) is 2.78. The van der Waals surface area contributed by atoms with E-state index in [0.29, 0.717) is 11.6 Å². The summed E-state index contributed by atoms with van der Waals surface area (Å²) in [4.78, 5) is 2.23. The molecule has 1 N–H and O–H groups in total. The molecule has 2 heterocycles. The lowest BCUT2D eigenvalue weighted by Crippen LogP contribution is -2.41. The second-order valence-corrected chi connectivity index (χ2v) is 7.64. The van der Waals surface area contributed by atoms with Crippen molar-refractivity contribution >= 4 is 34.7 Å². The maximum atomic E-state index is 11.7. The van der Waals surface area contributed by atoms with E-state index >= 15 is 0 Å². The van der Waals surface area contributed by atoms with Crippen molar-refractivity contribution in [2.24, 2.45) is 0 Å². The summed E-state index contributed by atoms with van der Waals surface area (Å²) >= 11 is 12.1. The van der Waals surface area contributed by atoms with Crippen molar-refractivity contribution in [2.75, 3.05) is 18.0 Å². The number of β-amino-alcohol motifs (C(OH)–C–C–N with tert-alkyl or cyclic N) is 1. The second kappa shape index (κ2) is 6.64. The highest BCUT2D eigenvalue weighted by Gasteiger charge is 2.51. The number of hydrogen-bond donors (Lipinski definition) is 1. The van der Waals surface area contributed by atoms with Gasteiger partial charge in [0, 0.05) is 22.0 Å². The molecule has 0 radical (unpaired) electrons. The normalized spacial score (nSPS) is 23.6. The van der Waals surface area contributed by atoms with Gasteiger partial charge in [-0.1, -0.05) is 35.3 Å². The molecule has 130 valence electrons. The Morgan fingerprint density at radius 1 is 0.880 bits per heavy atom. The lowest BCUT2D eigenvalue weighted by Gasteiger charge is -2.23. The summed E-state index contributed by atoms with van der Waals surface area (Å²) in [6.07, 6.45) is 4.39. The lowest BCUT2D eigenvalue weighted by molar-refractivity contribution is -0.658. The molecule has 2 aliphatic heterocycles. The second-order valence-electron chi connectivity index (χ2n) is 6.76. The Bertz CT molecular complexity index is 801. The van der Waals surface area contributed by atoms with E-state index < -0.39 is 5.72 Å². The fourth-order valence-corrected chi connectivity index (χ4v) is 4.15. The van der Waals surface area contributed by atoms with E-state index in [1.54, 1.807) is 0 Å². The van der Waals surface area contributed by atoms with Crippen molar-refractivity contribution in [2.45, 2.75) is 31.4 Å². The van der Waals surface area contributed by atoms with Crippen LogP contribution >= 0.6 is 23.2 Å². The van der Waals surface area contributed by atoms with Crippen LogP contribution in [0.15, 0.2) is 48.5 Å². The molecule has 25 heavy (non-hydrogen) atoms. The summed E-state index contributed by atoms with van der Waals surface area (Å²) in [5.74, 6) is 1.19. The van der Waals surface area contributed by atoms with Gasteiger partial charge in [-0.15, -0.1) is 0 Å². The molecule has 5 heteroatoms. The molecule has 0 aromatic heterocycles. The average molecular weight is 376 g/mol. The van der Waals surface area contributed by atoms with Gasteiger partial charge in [0.25, 0.3) is 11.6 Å². The molecule has 0 amide bonds. The fourth-order valence-electron chi connectivity index (χ4n) is 3.90. The van der Waals surface area contributed by atoms with Crippen LogP contribution in [0, 0.1) is 0 Å². The van der Waals surface area contributed by atoms with Crippen molar-refractivity contribution in [3.05, 3.63) is 64.1 Å². The summed E-state index contributed by atoms with van der Waals surface area (Å²) in [7, 11) is 0. The predicted molar refractivity (Wildman–Crippen MR) is 103 cm³/mol. The number of benzene rings is 2. The fraction of sp³-hybridized carbons (Fsp3) is 0.350. The highest BCUT2D eigenvalue weighted by molar-refractivity contribution is 6.30. The first kappa shape index (κ1) is 16.9. The van der Waals surface area contributed by atoms with Gasteiger partial charge in [0.1, 0.15) is 5.69 Å². The summed E-state index contributed by atoms with van der Waals surface area (Å²) in [6, 6.07) is 15.4. The summed E-state index contributed by atoms with van der Waals surface area (Å²) in [6.45, 7) is 1.37. The van der Waals surface area contributed by atoms with Gasteiger partial charge in [0.2, 0.25) is 0 Å². The Kier molecular flexibility index (Phi) is 4.48. The maximum absolute atomic E-state index is 11.7. The Balaban J connectivity index is 1.79. The molecule has 0 spiro atoms. The standard InChI is InChI=1S/C20H21Cl2N2O/c21-16-7-5-15(6-8-16)20(25)14-23(18-11-9-17(22)10-12-18)19-4-2-1-3-13-24(19)20/h5-12,25H,1-4,13-14H2/q+1/t20-/m1/s1. The predicted octanol–water partition coefficient (Wildman–Crippen LogP) is 4.64. The van der Waals surface area contributed by atoms with Crippen LogP contribution in [-0.2, 0) is 5.72 Å². The molecular formula is C20H21Cl2N2O+. The minimum atomic E-state index is -1.04. The van der Waals surface area contributed by atoms with Crippen molar-refractivity contribution in [3.8, 4) is 0 Å². The third kappa shape index (κ3) is 3.05. The monoisotopic (exact) mass is 375 g/mol. The number of hydrogen-bond acceptors (Lipinski definition) is 2. The van der Waals surface area contributed by atoms with Gasteiger partial charge in [0.15, 0.2) is 6.54 Å². The molecule has 0 aliphatic carbocycles. The van der Waals surface area contributed by atoms with Crippen molar-refractivity contribution in [3.63, 3.8) is 0 Å². The largest absolute Gasteiger partial charge is 0.346 e. The molecule has 0 bridgehead atoms. The molecule has 0 saturated carbocycles. The Morgan fingerprint density at radius 3 is 2.20 bits per heavy atom. The zero-order valence-corrected chi connectivity index (χ0v) is 15.5. The van der Waals surface area contributed by atoms with Crippen molar-refractivity contribution in [1.82, 2.24) is 0 Å². The van der Waals surface area contributed by atoms with E-state index in [1.165, 1.54) is 12.3 Å². The molecule has 2 aromatic carbocycles. The van der Waals surface area contributed by atoms with Gasteiger partial charge in [-0.2, -0.15) is 0 Å². The first-order valence-electron chi connectivity index (χ1n) is 8.73. The van der Waals surface area contributed by atoms with Gasteiger partial charge in [-0.05, 0) is 55.7 Å². The number of aliphatic hydroxyl groups is 1. The molecule has 4 rings (SSSR count). The minimum absolute atomic E-state index is 0.506. The third-order valence-electron chi connectivity index (χ3n) is 5.18. The highest BCUT2D eigenvalue weighted by atomic mass is 35.5. The van der Waals surface area contributed by atoms with Crippen molar-refractivity contribution in [1.29, 1.82) is 0 Å². The van der Waals surface area contributed by atoms with Crippen LogP contribution in [0.4, 0.5) is 5.69 Å². The number of nitrogens with zero attached hydrogens (tertiary/aromatic N) is 2. The summed E-state index contributed by atoms with van der Waals surface area (Å²) in [5, 5.41) is 13.1. The zero-order chi connectivity index (χ0) is 17.4.